The zero-order valence-electron chi connectivity index (χ0n) is 11.2. The van der Waals surface area contributed by atoms with Gasteiger partial charge < -0.3 is 15.2 Å². The summed E-state index contributed by atoms with van der Waals surface area (Å²) in [6, 6.07) is 7.52. The van der Waals surface area contributed by atoms with Gasteiger partial charge in [-0.3, -0.25) is 0 Å². The Bertz CT molecular complexity index is 468. The Morgan fingerprint density at radius 1 is 1.42 bits per heavy atom. The fourth-order valence-corrected chi connectivity index (χ4v) is 2.56. The van der Waals surface area contributed by atoms with Gasteiger partial charge in [-0.05, 0) is 25.0 Å². The molecular formula is C15H20N2O2. The first kappa shape index (κ1) is 13.7. The summed E-state index contributed by atoms with van der Waals surface area (Å²) < 4.78 is 5.17. The second-order valence-corrected chi connectivity index (χ2v) is 5.02. The van der Waals surface area contributed by atoms with Crippen molar-refractivity contribution in [1.82, 2.24) is 0 Å². The second-order valence-electron chi connectivity index (χ2n) is 5.02. The molecule has 0 bridgehead atoms. The van der Waals surface area contributed by atoms with Crippen molar-refractivity contribution in [2.45, 2.75) is 31.8 Å². The standard InChI is InChI=1S/C15H20N2O2/c1-19-13-7-6-11(9-16)14(8-13)17-10-12-4-2-3-5-15(12)18/h6-8,12,15,17-18H,2-5,10H2,1H3. The van der Waals surface area contributed by atoms with Crippen LogP contribution in [0, 0.1) is 17.2 Å². The molecule has 2 unspecified atom stereocenters. The van der Waals surface area contributed by atoms with Crippen LogP contribution < -0.4 is 10.1 Å². The number of nitriles is 1. The van der Waals surface area contributed by atoms with Gasteiger partial charge in [0.25, 0.3) is 0 Å². The first-order valence-corrected chi connectivity index (χ1v) is 6.74. The molecule has 2 atom stereocenters. The molecule has 0 amide bonds. The molecule has 0 heterocycles. The lowest BCUT2D eigenvalue weighted by Gasteiger charge is -2.28. The number of rotatable bonds is 4. The lowest BCUT2D eigenvalue weighted by atomic mass is 9.86. The predicted octanol–water partition coefficient (Wildman–Crippen LogP) is 2.53. The Kier molecular flexibility index (Phi) is 4.64. The third-order valence-electron chi connectivity index (χ3n) is 3.77. The third-order valence-corrected chi connectivity index (χ3v) is 3.77. The minimum atomic E-state index is -0.225. The summed E-state index contributed by atoms with van der Waals surface area (Å²) in [5.41, 5.74) is 1.38. The van der Waals surface area contributed by atoms with Crippen molar-refractivity contribution in [3.8, 4) is 11.8 Å². The topological polar surface area (TPSA) is 65.3 Å². The minimum absolute atomic E-state index is 0.225. The smallest absolute Gasteiger partial charge is 0.121 e. The molecule has 1 aromatic carbocycles. The molecule has 1 aromatic rings. The molecule has 1 fully saturated rings. The van der Waals surface area contributed by atoms with Crippen LogP contribution in [0.1, 0.15) is 31.2 Å². The fourth-order valence-electron chi connectivity index (χ4n) is 2.56. The zero-order chi connectivity index (χ0) is 13.7. The Balaban J connectivity index is 2.03. The molecule has 4 nitrogen and oxygen atoms in total. The van der Waals surface area contributed by atoms with E-state index in [-0.39, 0.29) is 12.0 Å². The van der Waals surface area contributed by atoms with Crippen molar-refractivity contribution in [2.24, 2.45) is 5.92 Å². The summed E-state index contributed by atoms with van der Waals surface area (Å²) in [4.78, 5) is 0. The van der Waals surface area contributed by atoms with Crippen LogP contribution >= 0.6 is 0 Å². The van der Waals surface area contributed by atoms with E-state index in [4.69, 9.17) is 10.00 Å². The van der Waals surface area contributed by atoms with Crippen LogP contribution in [-0.2, 0) is 0 Å². The molecule has 2 N–H and O–H groups in total. The number of hydrogen-bond donors (Lipinski definition) is 2. The molecule has 0 aliphatic heterocycles. The Labute approximate surface area is 114 Å². The fraction of sp³-hybridized carbons (Fsp3) is 0.533. The SMILES string of the molecule is COc1ccc(C#N)c(NCC2CCCCC2O)c1. The number of ether oxygens (including phenoxy) is 1. The van der Waals surface area contributed by atoms with Crippen LogP contribution in [-0.4, -0.2) is 24.9 Å². The third kappa shape index (κ3) is 3.39. The first-order valence-electron chi connectivity index (χ1n) is 6.74. The normalized spacial score (nSPS) is 22.6. The summed E-state index contributed by atoms with van der Waals surface area (Å²) >= 11 is 0. The maximum atomic E-state index is 9.94. The van der Waals surface area contributed by atoms with Gasteiger partial charge >= 0.3 is 0 Å². The minimum Gasteiger partial charge on any atom is -0.497 e. The molecule has 2 rings (SSSR count). The van der Waals surface area contributed by atoms with E-state index in [1.807, 2.05) is 6.07 Å². The van der Waals surface area contributed by atoms with Gasteiger partial charge in [0.2, 0.25) is 0 Å². The Morgan fingerprint density at radius 2 is 2.21 bits per heavy atom. The van der Waals surface area contributed by atoms with Crippen molar-refractivity contribution >= 4 is 5.69 Å². The first-order chi connectivity index (χ1) is 9.24. The maximum absolute atomic E-state index is 9.94. The molecule has 0 spiro atoms. The van der Waals surface area contributed by atoms with Gasteiger partial charge in [-0.1, -0.05) is 12.8 Å². The number of anilines is 1. The highest BCUT2D eigenvalue weighted by Crippen LogP contribution is 2.26. The van der Waals surface area contributed by atoms with E-state index in [2.05, 4.69) is 11.4 Å². The monoisotopic (exact) mass is 260 g/mol. The van der Waals surface area contributed by atoms with Crippen molar-refractivity contribution < 1.29 is 9.84 Å². The summed E-state index contributed by atoms with van der Waals surface area (Å²) in [5, 5.41) is 22.3. The summed E-state index contributed by atoms with van der Waals surface area (Å²) in [7, 11) is 1.61. The van der Waals surface area contributed by atoms with Crippen molar-refractivity contribution in [2.75, 3.05) is 19.0 Å². The van der Waals surface area contributed by atoms with E-state index in [0.29, 0.717) is 12.1 Å². The van der Waals surface area contributed by atoms with Crippen molar-refractivity contribution in [3.05, 3.63) is 23.8 Å². The number of methoxy groups -OCH3 is 1. The van der Waals surface area contributed by atoms with Gasteiger partial charge in [0, 0.05) is 18.5 Å². The molecule has 1 saturated carbocycles. The number of aliphatic hydroxyl groups is 1. The highest BCUT2D eigenvalue weighted by molar-refractivity contribution is 5.60. The van der Waals surface area contributed by atoms with E-state index in [0.717, 1.165) is 30.7 Å². The molecule has 0 aromatic heterocycles. The largest absolute Gasteiger partial charge is 0.497 e. The molecule has 102 valence electrons. The zero-order valence-corrected chi connectivity index (χ0v) is 11.2. The Morgan fingerprint density at radius 3 is 2.89 bits per heavy atom. The van der Waals surface area contributed by atoms with E-state index in [1.54, 1.807) is 19.2 Å². The van der Waals surface area contributed by atoms with Crippen LogP contribution in [0.5, 0.6) is 5.75 Å². The average Bonchev–Trinajstić information content (AvgIpc) is 2.46. The number of nitrogens with zero attached hydrogens (tertiary/aromatic N) is 1. The van der Waals surface area contributed by atoms with Crippen LogP contribution in [0.3, 0.4) is 0 Å². The number of hydrogen-bond acceptors (Lipinski definition) is 4. The molecule has 1 aliphatic rings. The lowest BCUT2D eigenvalue weighted by molar-refractivity contribution is 0.0763. The van der Waals surface area contributed by atoms with Crippen molar-refractivity contribution in [3.63, 3.8) is 0 Å². The summed E-state index contributed by atoms with van der Waals surface area (Å²) in [6.45, 7) is 0.697. The molecule has 0 saturated heterocycles. The van der Waals surface area contributed by atoms with Crippen LogP contribution in [0.2, 0.25) is 0 Å². The Hall–Kier alpha value is -1.73. The van der Waals surface area contributed by atoms with Gasteiger partial charge in [-0.15, -0.1) is 0 Å². The van der Waals surface area contributed by atoms with Gasteiger partial charge in [-0.25, -0.2) is 0 Å². The van der Waals surface area contributed by atoms with E-state index < -0.39 is 0 Å². The molecule has 19 heavy (non-hydrogen) atoms. The van der Waals surface area contributed by atoms with Gasteiger partial charge in [0.05, 0.1) is 24.5 Å². The van der Waals surface area contributed by atoms with E-state index in [9.17, 15) is 5.11 Å². The van der Waals surface area contributed by atoms with Crippen LogP contribution in [0.25, 0.3) is 0 Å². The molecule has 0 radical (unpaired) electrons. The highest BCUT2D eigenvalue weighted by Gasteiger charge is 2.22. The van der Waals surface area contributed by atoms with Gasteiger partial charge in [0.1, 0.15) is 11.8 Å². The van der Waals surface area contributed by atoms with Crippen molar-refractivity contribution in [1.29, 1.82) is 5.26 Å². The molecular weight excluding hydrogens is 240 g/mol. The predicted molar refractivity (Wildman–Crippen MR) is 74.2 cm³/mol. The van der Waals surface area contributed by atoms with Gasteiger partial charge in [-0.2, -0.15) is 5.26 Å². The summed E-state index contributed by atoms with van der Waals surface area (Å²) in [6.07, 6.45) is 3.99. The molecule has 4 heteroatoms. The average molecular weight is 260 g/mol. The van der Waals surface area contributed by atoms with E-state index >= 15 is 0 Å². The highest BCUT2D eigenvalue weighted by atomic mass is 16.5. The summed E-state index contributed by atoms with van der Waals surface area (Å²) in [5.74, 6) is 0.997. The van der Waals surface area contributed by atoms with E-state index in [1.165, 1.54) is 6.42 Å². The van der Waals surface area contributed by atoms with Crippen LogP contribution in [0.4, 0.5) is 5.69 Å². The number of aliphatic hydroxyl groups excluding tert-OH is 1. The van der Waals surface area contributed by atoms with Gasteiger partial charge in [0.15, 0.2) is 0 Å². The number of nitrogens with one attached hydrogen (secondary N) is 1. The second kappa shape index (κ2) is 6.44. The van der Waals surface area contributed by atoms with Crippen LogP contribution in [0.15, 0.2) is 18.2 Å². The quantitative estimate of drug-likeness (QED) is 0.873. The lowest BCUT2D eigenvalue weighted by Crippen LogP contribution is -2.30. The maximum Gasteiger partial charge on any atom is 0.121 e. The molecule has 1 aliphatic carbocycles. The number of benzene rings is 1.